The molecule has 0 saturated heterocycles. The van der Waals surface area contributed by atoms with Crippen molar-refractivity contribution in [2.75, 3.05) is 0 Å². The van der Waals surface area contributed by atoms with Crippen LogP contribution in [0.25, 0.3) is 0 Å². The standard InChI is InChI=1S/P2S4/c3-1-5-6-2-4/p+2. The average Bonchev–Trinajstić information content (AvgIpc) is 1.61. The Bertz CT molecular complexity index is 41.5. The lowest BCUT2D eigenvalue weighted by Gasteiger charge is -1.49. The molecule has 0 aliphatic heterocycles. The smallest absolute Gasteiger partial charge is 0.172 e. The van der Waals surface area contributed by atoms with Gasteiger partial charge < -0.3 is 0 Å². The zero-order chi connectivity index (χ0) is 4.83. The zero-order valence-corrected chi connectivity index (χ0v) is 7.90. The minimum absolute atomic E-state index is 0.568. The van der Waals surface area contributed by atoms with Gasteiger partial charge in [-0.25, -0.2) is 0 Å². The largest absolute Gasteiger partial charge is 0.246 e. The molecule has 0 aromatic carbocycles. The molecule has 2 unspecified atom stereocenters. The first-order valence-corrected chi connectivity index (χ1v) is 8.85. The molecule has 2 atom stereocenters. The first-order chi connectivity index (χ1) is 2.91. The summed E-state index contributed by atoms with van der Waals surface area (Å²) in [5, 5.41) is 0. The molecular formula is H2P2S4+2. The van der Waals surface area contributed by atoms with E-state index >= 15 is 0 Å². The lowest BCUT2D eigenvalue weighted by atomic mass is 29.9. The molecular weight excluding hydrogens is 190 g/mol. The van der Waals surface area contributed by atoms with Gasteiger partial charge in [0.15, 0.2) is 23.6 Å². The van der Waals surface area contributed by atoms with Gasteiger partial charge in [-0.05, 0) is 0 Å². The Morgan fingerprint density at radius 2 is 1.33 bits per heavy atom. The third-order valence-electron chi connectivity index (χ3n) is 0.110. The van der Waals surface area contributed by atoms with Crippen molar-refractivity contribution >= 4 is 57.6 Å². The summed E-state index contributed by atoms with van der Waals surface area (Å²) in [7, 11) is 3.35. The average molecular weight is 192 g/mol. The number of hydrogen-bond donors (Lipinski definition) is 0. The molecule has 0 aliphatic rings. The minimum Gasteiger partial charge on any atom is 0.172 e. The van der Waals surface area contributed by atoms with E-state index < -0.39 is 0 Å². The second-order valence-electron chi connectivity index (χ2n) is 0.333. The van der Waals surface area contributed by atoms with Gasteiger partial charge in [-0.2, -0.15) is 0 Å². The molecule has 34 valence electrons. The van der Waals surface area contributed by atoms with Crippen molar-refractivity contribution < 1.29 is 0 Å². The van der Waals surface area contributed by atoms with E-state index in [1.54, 1.807) is 20.8 Å². The topological polar surface area (TPSA) is 0 Å². The molecule has 0 heterocycles. The van der Waals surface area contributed by atoms with Crippen LogP contribution in [0, 0.1) is 0 Å². The molecule has 0 aromatic heterocycles. The molecule has 0 aromatic rings. The molecule has 0 fully saturated rings. The molecule has 0 rings (SSSR count). The van der Waals surface area contributed by atoms with Crippen molar-refractivity contribution in [2.45, 2.75) is 0 Å². The molecule has 0 saturated carbocycles. The van der Waals surface area contributed by atoms with Crippen LogP contribution in [-0.2, 0) is 23.6 Å². The first kappa shape index (κ1) is 7.74. The van der Waals surface area contributed by atoms with E-state index in [9.17, 15) is 0 Å². The molecule has 0 nitrogen and oxygen atoms in total. The molecule has 0 aliphatic carbocycles. The van der Waals surface area contributed by atoms with E-state index in [1.165, 1.54) is 0 Å². The van der Waals surface area contributed by atoms with Crippen LogP contribution in [0.5, 0.6) is 0 Å². The van der Waals surface area contributed by atoms with Crippen LogP contribution >= 0.6 is 33.9 Å². The van der Waals surface area contributed by atoms with Crippen LogP contribution in [0.4, 0.5) is 0 Å². The van der Waals surface area contributed by atoms with Gasteiger partial charge in [-0.15, -0.1) is 0 Å². The van der Waals surface area contributed by atoms with Crippen LogP contribution in [0.15, 0.2) is 0 Å². The lowest BCUT2D eigenvalue weighted by molar-refractivity contribution is 5.61. The van der Waals surface area contributed by atoms with Gasteiger partial charge in [-0.3, -0.25) is 0 Å². The normalized spacial score (nSPS) is 10.0. The third-order valence-corrected chi connectivity index (χ3v) is 8.89. The van der Waals surface area contributed by atoms with Gasteiger partial charge >= 0.3 is 0 Å². The SMILES string of the molecule is S=[PH+]SS[PH+]=S. The number of rotatable bonds is 3. The molecule has 6 heavy (non-hydrogen) atoms. The maximum atomic E-state index is 4.65. The van der Waals surface area contributed by atoms with Crippen molar-refractivity contribution in [3.8, 4) is 0 Å². The van der Waals surface area contributed by atoms with Gasteiger partial charge in [0.05, 0.1) is 0 Å². The highest BCUT2D eigenvalue weighted by molar-refractivity contribution is 9.12. The Kier molecular flexibility index (Phi) is 8.69. The van der Waals surface area contributed by atoms with Gasteiger partial charge in [0, 0.05) is 0 Å². The second kappa shape index (κ2) is 6.74. The summed E-state index contributed by atoms with van der Waals surface area (Å²) in [6.07, 6.45) is 0. The number of hydrogen-bond acceptors (Lipinski definition) is 4. The molecule has 0 radical (unpaired) electrons. The fraction of sp³-hybridized carbons (Fsp3) is 0. The summed E-state index contributed by atoms with van der Waals surface area (Å²) in [5.41, 5.74) is 0. The highest BCUT2D eigenvalue weighted by Gasteiger charge is 1.93. The zero-order valence-electron chi connectivity index (χ0n) is 2.63. The molecule has 0 N–H and O–H groups in total. The Morgan fingerprint density at radius 1 is 1.00 bits per heavy atom. The second-order valence-corrected chi connectivity index (χ2v) is 9.00. The van der Waals surface area contributed by atoms with Crippen molar-refractivity contribution in [3.63, 3.8) is 0 Å². The first-order valence-electron chi connectivity index (χ1n) is 0.983. The van der Waals surface area contributed by atoms with E-state index in [4.69, 9.17) is 0 Å². The van der Waals surface area contributed by atoms with Crippen LogP contribution in [-0.4, -0.2) is 0 Å². The van der Waals surface area contributed by atoms with Crippen molar-refractivity contribution in [1.29, 1.82) is 0 Å². The maximum Gasteiger partial charge on any atom is 0.246 e. The minimum atomic E-state index is 0.568. The summed E-state index contributed by atoms with van der Waals surface area (Å²) >= 11 is 9.29. The summed E-state index contributed by atoms with van der Waals surface area (Å²) in [6.45, 7) is 1.14. The predicted octanol–water partition coefficient (Wildman–Crippen LogP) is 2.48. The van der Waals surface area contributed by atoms with Gasteiger partial charge in [0.25, 0.3) is 0 Å². The predicted molar refractivity (Wildman–Crippen MR) is 46.5 cm³/mol. The Balaban J connectivity index is 2.66. The quantitative estimate of drug-likeness (QED) is 0.382. The van der Waals surface area contributed by atoms with Gasteiger partial charge in [-0.1, -0.05) is 0 Å². The highest BCUT2D eigenvalue weighted by Crippen LogP contribution is 2.40. The third kappa shape index (κ3) is 5.74. The summed E-state index contributed by atoms with van der Waals surface area (Å²) in [5.74, 6) is 0. The van der Waals surface area contributed by atoms with E-state index in [0.29, 0.717) is 13.1 Å². The van der Waals surface area contributed by atoms with E-state index in [1.807, 2.05) is 0 Å². The van der Waals surface area contributed by atoms with Gasteiger partial charge in [0.1, 0.15) is 0 Å². The Hall–Kier alpha value is 1.74. The summed E-state index contributed by atoms with van der Waals surface area (Å²) in [6, 6.07) is 0. The van der Waals surface area contributed by atoms with E-state index in [2.05, 4.69) is 23.6 Å². The monoisotopic (exact) mass is 192 g/mol. The Morgan fingerprint density at radius 3 is 1.50 bits per heavy atom. The van der Waals surface area contributed by atoms with Crippen molar-refractivity contribution in [1.82, 2.24) is 0 Å². The molecule has 0 bridgehead atoms. The van der Waals surface area contributed by atoms with Crippen LogP contribution < -0.4 is 0 Å². The Labute approximate surface area is 57.4 Å². The van der Waals surface area contributed by atoms with E-state index in [-0.39, 0.29) is 0 Å². The maximum absolute atomic E-state index is 4.65. The summed E-state index contributed by atoms with van der Waals surface area (Å²) in [4.78, 5) is 0. The van der Waals surface area contributed by atoms with Crippen molar-refractivity contribution in [3.05, 3.63) is 0 Å². The van der Waals surface area contributed by atoms with Crippen molar-refractivity contribution in [2.24, 2.45) is 0 Å². The van der Waals surface area contributed by atoms with Crippen LogP contribution in [0.2, 0.25) is 0 Å². The lowest BCUT2D eigenvalue weighted by Crippen LogP contribution is -1.05. The highest BCUT2D eigenvalue weighted by atomic mass is 33.5. The van der Waals surface area contributed by atoms with Gasteiger partial charge in [0.2, 0.25) is 33.9 Å². The van der Waals surface area contributed by atoms with E-state index in [0.717, 1.165) is 0 Å². The molecule has 0 spiro atoms. The fourth-order valence-electron chi connectivity index (χ4n) is 0.0340. The fourth-order valence-corrected chi connectivity index (χ4v) is 8.27. The molecule has 0 amide bonds. The summed E-state index contributed by atoms with van der Waals surface area (Å²) < 4.78 is 0. The van der Waals surface area contributed by atoms with Crippen LogP contribution in [0.1, 0.15) is 0 Å². The molecule has 6 heteroatoms. The van der Waals surface area contributed by atoms with Crippen LogP contribution in [0.3, 0.4) is 0 Å².